The first-order valence-electron chi connectivity index (χ1n) is 6.62. The van der Waals surface area contributed by atoms with Crippen LogP contribution in [0.4, 0.5) is 5.69 Å². The van der Waals surface area contributed by atoms with Gasteiger partial charge in [-0.15, -0.1) is 5.06 Å². The van der Waals surface area contributed by atoms with Gasteiger partial charge in [0.25, 0.3) is 11.8 Å². The molecule has 1 aliphatic rings. The van der Waals surface area contributed by atoms with E-state index in [1.54, 1.807) is 24.3 Å². The quantitative estimate of drug-likeness (QED) is 0.372. The molecule has 0 saturated carbocycles. The molecule has 2 heterocycles. The third-order valence-corrected chi connectivity index (χ3v) is 3.29. The number of azide groups is 1. The van der Waals surface area contributed by atoms with Crippen LogP contribution < -0.4 is 0 Å². The summed E-state index contributed by atoms with van der Waals surface area (Å²) in [5.41, 5.74) is 9.15. The molecule has 23 heavy (non-hydrogen) atoms. The van der Waals surface area contributed by atoms with Crippen LogP contribution in [-0.4, -0.2) is 27.8 Å². The molecule has 0 spiro atoms. The van der Waals surface area contributed by atoms with Crippen molar-refractivity contribution in [3.05, 3.63) is 46.5 Å². The zero-order chi connectivity index (χ0) is 16.4. The summed E-state index contributed by atoms with van der Waals surface area (Å²) < 4.78 is 0. The van der Waals surface area contributed by atoms with Crippen molar-refractivity contribution >= 4 is 34.4 Å². The maximum Gasteiger partial charge on any atom is 0.365 e. The fourth-order valence-corrected chi connectivity index (χ4v) is 2.22. The molecule has 2 amide bonds. The van der Waals surface area contributed by atoms with Crippen molar-refractivity contribution < 1.29 is 19.2 Å². The van der Waals surface area contributed by atoms with Crippen LogP contribution in [-0.2, 0) is 14.4 Å². The summed E-state index contributed by atoms with van der Waals surface area (Å²) >= 11 is 0. The summed E-state index contributed by atoms with van der Waals surface area (Å²) in [6.45, 7) is 0. The molecule has 1 aromatic heterocycles. The predicted octanol–water partition coefficient (Wildman–Crippen LogP) is 2.40. The van der Waals surface area contributed by atoms with E-state index in [-0.39, 0.29) is 24.1 Å². The molecule has 2 aromatic rings. The topological polar surface area (TPSA) is 125 Å². The number of hydroxylamine groups is 2. The number of hydrogen-bond donors (Lipinski definition) is 0. The number of rotatable bonds is 3. The zero-order valence-corrected chi connectivity index (χ0v) is 11.7. The zero-order valence-electron chi connectivity index (χ0n) is 11.7. The summed E-state index contributed by atoms with van der Waals surface area (Å²) in [6.07, 6.45) is 1.16. The number of para-hydroxylation sites is 1. The van der Waals surface area contributed by atoms with Crippen molar-refractivity contribution in [1.82, 2.24) is 10.0 Å². The number of carbonyl (C=O) groups is 3. The lowest BCUT2D eigenvalue weighted by molar-refractivity contribution is -0.172. The summed E-state index contributed by atoms with van der Waals surface area (Å²) in [6, 6.07) is 6.77. The van der Waals surface area contributed by atoms with Crippen LogP contribution in [0.3, 0.4) is 0 Å². The standard InChI is InChI=1S/C14H9N5O4/c15-18-17-13-8-3-1-2-4-10(8)16-7-9(13)14(22)23-19-11(20)5-6-12(19)21/h1-4,7H,5-6H2. The molecular formula is C14H9N5O4. The van der Waals surface area contributed by atoms with E-state index >= 15 is 0 Å². The number of hydrogen-bond acceptors (Lipinski definition) is 6. The normalized spacial score (nSPS) is 14.0. The smallest absolute Gasteiger partial charge is 0.325 e. The fraction of sp³-hybridized carbons (Fsp3) is 0.143. The molecule has 0 aliphatic carbocycles. The highest BCUT2D eigenvalue weighted by Gasteiger charge is 2.33. The average molecular weight is 311 g/mol. The van der Waals surface area contributed by atoms with Gasteiger partial charge in [-0.25, -0.2) is 4.79 Å². The highest BCUT2D eigenvalue weighted by molar-refractivity contribution is 6.06. The van der Waals surface area contributed by atoms with Gasteiger partial charge in [0, 0.05) is 29.3 Å². The average Bonchev–Trinajstić information content (AvgIpc) is 2.87. The maximum absolute atomic E-state index is 12.2. The second kappa shape index (κ2) is 5.74. The molecule has 9 heteroatoms. The van der Waals surface area contributed by atoms with E-state index in [4.69, 9.17) is 10.4 Å². The molecule has 1 saturated heterocycles. The first-order valence-corrected chi connectivity index (χ1v) is 6.62. The van der Waals surface area contributed by atoms with Crippen LogP contribution in [0.5, 0.6) is 0 Å². The van der Waals surface area contributed by atoms with Crippen LogP contribution in [0.2, 0.25) is 0 Å². The van der Waals surface area contributed by atoms with Crippen molar-refractivity contribution in [3.63, 3.8) is 0 Å². The van der Waals surface area contributed by atoms with Crippen LogP contribution in [0.1, 0.15) is 23.2 Å². The van der Waals surface area contributed by atoms with Gasteiger partial charge in [-0.2, -0.15) is 0 Å². The Bertz CT molecular complexity index is 872. The Kier molecular flexibility index (Phi) is 3.62. The van der Waals surface area contributed by atoms with Gasteiger partial charge in [0.05, 0.1) is 16.8 Å². The third-order valence-electron chi connectivity index (χ3n) is 3.29. The van der Waals surface area contributed by atoms with Crippen molar-refractivity contribution in [3.8, 4) is 0 Å². The lowest BCUT2D eigenvalue weighted by Gasteiger charge is -2.13. The summed E-state index contributed by atoms with van der Waals surface area (Å²) in [4.78, 5) is 46.9. The first kappa shape index (κ1) is 14.5. The Morgan fingerprint density at radius 1 is 1.26 bits per heavy atom. The molecular weight excluding hydrogens is 302 g/mol. The lowest BCUT2D eigenvalue weighted by Crippen LogP contribution is -2.32. The van der Waals surface area contributed by atoms with Gasteiger partial charge in [-0.1, -0.05) is 23.3 Å². The highest BCUT2D eigenvalue weighted by atomic mass is 16.7. The number of benzene rings is 1. The minimum atomic E-state index is -0.991. The predicted molar refractivity (Wildman–Crippen MR) is 77.1 cm³/mol. The summed E-state index contributed by atoms with van der Waals surface area (Å²) in [5, 5.41) is 4.41. The first-order chi connectivity index (χ1) is 11.1. The molecule has 1 aromatic carbocycles. The molecule has 0 bridgehead atoms. The van der Waals surface area contributed by atoms with Crippen LogP contribution in [0.25, 0.3) is 21.3 Å². The minimum absolute atomic E-state index is 0.00864. The van der Waals surface area contributed by atoms with Crippen molar-refractivity contribution in [2.45, 2.75) is 12.8 Å². The van der Waals surface area contributed by atoms with Crippen molar-refractivity contribution in [2.24, 2.45) is 5.11 Å². The number of carbonyl (C=O) groups excluding carboxylic acids is 3. The fourth-order valence-electron chi connectivity index (χ4n) is 2.22. The van der Waals surface area contributed by atoms with E-state index in [9.17, 15) is 14.4 Å². The number of aromatic nitrogens is 1. The van der Waals surface area contributed by atoms with E-state index in [0.29, 0.717) is 16.0 Å². The largest absolute Gasteiger partial charge is 0.365 e. The molecule has 9 nitrogen and oxygen atoms in total. The maximum atomic E-state index is 12.2. The number of pyridine rings is 1. The van der Waals surface area contributed by atoms with E-state index in [2.05, 4.69) is 15.0 Å². The van der Waals surface area contributed by atoms with Crippen molar-refractivity contribution in [2.75, 3.05) is 0 Å². The monoisotopic (exact) mass is 311 g/mol. The number of fused-ring (bicyclic) bond motifs is 1. The molecule has 3 rings (SSSR count). The molecule has 0 atom stereocenters. The lowest BCUT2D eigenvalue weighted by atomic mass is 10.1. The van der Waals surface area contributed by atoms with Gasteiger partial charge < -0.3 is 4.84 Å². The third kappa shape index (κ3) is 2.56. The number of amides is 2. The second-order valence-corrected chi connectivity index (χ2v) is 4.69. The highest BCUT2D eigenvalue weighted by Crippen LogP contribution is 2.30. The Morgan fingerprint density at radius 2 is 1.96 bits per heavy atom. The number of nitrogens with zero attached hydrogens (tertiary/aromatic N) is 5. The summed E-state index contributed by atoms with van der Waals surface area (Å²) in [7, 11) is 0. The van der Waals surface area contributed by atoms with E-state index in [1.165, 1.54) is 6.20 Å². The van der Waals surface area contributed by atoms with Crippen molar-refractivity contribution in [1.29, 1.82) is 0 Å². The van der Waals surface area contributed by atoms with Crippen LogP contribution in [0, 0.1) is 0 Å². The van der Waals surface area contributed by atoms with E-state index < -0.39 is 17.8 Å². The van der Waals surface area contributed by atoms with Gasteiger partial charge in [-0.05, 0) is 11.6 Å². The molecule has 0 radical (unpaired) electrons. The molecule has 1 fully saturated rings. The second-order valence-electron chi connectivity index (χ2n) is 4.69. The van der Waals surface area contributed by atoms with Gasteiger partial charge in [0.1, 0.15) is 0 Å². The molecule has 0 N–H and O–H groups in total. The Hall–Kier alpha value is -3.45. The molecule has 1 aliphatic heterocycles. The minimum Gasteiger partial charge on any atom is -0.325 e. The van der Waals surface area contributed by atoms with Crippen LogP contribution >= 0.6 is 0 Å². The van der Waals surface area contributed by atoms with Gasteiger partial charge in [-0.3, -0.25) is 14.6 Å². The van der Waals surface area contributed by atoms with Crippen LogP contribution in [0.15, 0.2) is 35.6 Å². The SMILES string of the molecule is [N-]=[N+]=Nc1c(C(=O)ON2C(=O)CCC2=O)cnc2ccccc12. The van der Waals surface area contributed by atoms with Gasteiger partial charge in [0.2, 0.25) is 0 Å². The Labute approximate surface area is 129 Å². The summed E-state index contributed by atoms with van der Waals surface area (Å²) in [5.74, 6) is -2.18. The van der Waals surface area contributed by atoms with Gasteiger partial charge >= 0.3 is 5.97 Å². The molecule has 114 valence electrons. The number of imide groups is 1. The van der Waals surface area contributed by atoms with E-state index in [1.807, 2.05) is 0 Å². The Morgan fingerprint density at radius 3 is 2.65 bits per heavy atom. The van der Waals surface area contributed by atoms with Gasteiger partial charge in [0.15, 0.2) is 0 Å². The Balaban J connectivity index is 2.03. The molecule has 0 unspecified atom stereocenters. The van der Waals surface area contributed by atoms with E-state index in [0.717, 1.165) is 0 Å².